The number of anilines is 1. The third-order valence-corrected chi connectivity index (χ3v) is 4.90. The summed E-state index contributed by atoms with van der Waals surface area (Å²) < 4.78 is 15.6. The van der Waals surface area contributed by atoms with Gasteiger partial charge in [0.05, 0.1) is 17.0 Å². The number of halogens is 1. The Kier molecular flexibility index (Phi) is 4.35. The number of carbonyl (C=O) groups is 2. The standard InChI is InChI=1S/C20H19FN4O2/c1-25-17-5-3-2-4-16(17)23-18(25)8-9-22-20(27)14-11-19(26)24-15-7-6-12(21)10-13(14)15/h2-7,10,14H,8-9,11H2,1H3,(H,22,27)(H,24,26)/t14-/m0/s1. The molecule has 0 aliphatic carbocycles. The van der Waals surface area contributed by atoms with Gasteiger partial charge >= 0.3 is 0 Å². The summed E-state index contributed by atoms with van der Waals surface area (Å²) in [4.78, 5) is 29.1. The van der Waals surface area contributed by atoms with Gasteiger partial charge in [0, 0.05) is 32.1 Å². The van der Waals surface area contributed by atoms with Crippen LogP contribution in [0.4, 0.5) is 10.1 Å². The van der Waals surface area contributed by atoms with Gasteiger partial charge in [0.25, 0.3) is 0 Å². The molecule has 0 saturated heterocycles. The topological polar surface area (TPSA) is 76.0 Å². The predicted molar refractivity (Wildman–Crippen MR) is 99.8 cm³/mol. The Morgan fingerprint density at radius 1 is 1.33 bits per heavy atom. The highest BCUT2D eigenvalue weighted by Crippen LogP contribution is 2.32. The van der Waals surface area contributed by atoms with Crippen molar-refractivity contribution in [3.05, 3.63) is 59.7 Å². The number of hydrogen-bond acceptors (Lipinski definition) is 3. The summed E-state index contributed by atoms with van der Waals surface area (Å²) >= 11 is 0. The fraction of sp³-hybridized carbons (Fsp3) is 0.250. The lowest BCUT2D eigenvalue weighted by atomic mass is 9.89. The van der Waals surface area contributed by atoms with Crippen LogP contribution in [0.15, 0.2) is 42.5 Å². The SMILES string of the molecule is Cn1c(CCNC(=O)[C@H]2CC(=O)Nc3ccc(F)cc32)nc2ccccc21. The van der Waals surface area contributed by atoms with E-state index in [0.29, 0.717) is 24.2 Å². The number of amides is 2. The van der Waals surface area contributed by atoms with Crippen LogP contribution in [0.1, 0.15) is 23.7 Å². The van der Waals surface area contributed by atoms with Gasteiger partial charge in [0.2, 0.25) is 11.8 Å². The van der Waals surface area contributed by atoms with Crippen LogP contribution in [0.25, 0.3) is 11.0 Å². The summed E-state index contributed by atoms with van der Waals surface area (Å²) in [6.45, 7) is 0.388. The maximum Gasteiger partial charge on any atom is 0.228 e. The van der Waals surface area contributed by atoms with Gasteiger partial charge in [-0.1, -0.05) is 12.1 Å². The second-order valence-electron chi connectivity index (χ2n) is 6.65. The van der Waals surface area contributed by atoms with E-state index in [2.05, 4.69) is 15.6 Å². The number of rotatable bonds is 4. The molecule has 7 heteroatoms. The number of hydrogen-bond donors (Lipinski definition) is 2. The molecule has 0 fully saturated rings. The first-order valence-corrected chi connectivity index (χ1v) is 8.80. The Hall–Kier alpha value is -3.22. The van der Waals surface area contributed by atoms with E-state index in [0.717, 1.165) is 16.9 Å². The molecule has 2 N–H and O–H groups in total. The molecule has 138 valence electrons. The number of nitrogens with one attached hydrogen (secondary N) is 2. The van der Waals surface area contributed by atoms with Crippen molar-refractivity contribution >= 4 is 28.5 Å². The molecule has 1 aliphatic rings. The van der Waals surface area contributed by atoms with Gasteiger partial charge in [-0.3, -0.25) is 9.59 Å². The summed E-state index contributed by atoms with van der Waals surface area (Å²) in [5.41, 5.74) is 2.94. The third-order valence-electron chi connectivity index (χ3n) is 4.90. The summed E-state index contributed by atoms with van der Waals surface area (Å²) in [6.07, 6.45) is 0.570. The molecule has 2 amide bonds. The van der Waals surface area contributed by atoms with E-state index < -0.39 is 11.7 Å². The number of nitrogens with zero attached hydrogens (tertiary/aromatic N) is 2. The van der Waals surface area contributed by atoms with Crippen molar-refractivity contribution in [2.24, 2.45) is 7.05 Å². The quantitative estimate of drug-likeness (QED) is 0.745. The summed E-state index contributed by atoms with van der Waals surface area (Å²) in [5, 5.41) is 5.54. The Labute approximate surface area is 155 Å². The highest BCUT2D eigenvalue weighted by molar-refractivity contribution is 6.01. The van der Waals surface area contributed by atoms with Crippen LogP contribution < -0.4 is 10.6 Å². The van der Waals surface area contributed by atoms with Crippen molar-refractivity contribution in [2.45, 2.75) is 18.8 Å². The van der Waals surface area contributed by atoms with Gasteiger partial charge < -0.3 is 15.2 Å². The van der Waals surface area contributed by atoms with Gasteiger partial charge in [-0.2, -0.15) is 0 Å². The third kappa shape index (κ3) is 3.28. The van der Waals surface area contributed by atoms with E-state index in [9.17, 15) is 14.0 Å². The number of aromatic nitrogens is 2. The van der Waals surface area contributed by atoms with Crippen molar-refractivity contribution in [1.82, 2.24) is 14.9 Å². The number of benzene rings is 2. The number of fused-ring (bicyclic) bond motifs is 2. The van der Waals surface area contributed by atoms with Crippen LogP contribution in [-0.2, 0) is 23.1 Å². The average Bonchev–Trinajstić information content (AvgIpc) is 2.97. The van der Waals surface area contributed by atoms with E-state index in [1.54, 1.807) is 0 Å². The van der Waals surface area contributed by atoms with Gasteiger partial charge in [-0.25, -0.2) is 9.37 Å². The highest BCUT2D eigenvalue weighted by Gasteiger charge is 2.30. The molecule has 3 aromatic rings. The number of para-hydroxylation sites is 2. The van der Waals surface area contributed by atoms with Gasteiger partial charge in [-0.15, -0.1) is 0 Å². The summed E-state index contributed by atoms with van der Waals surface area (Å²) in [6, 6.07) is 11.9. The fourth-order valence-electron chi connectivity index (χ4n) is 3.51. The average molecular weight is 366 g/mol. The molecule has 0 unspecified atom stereocenters. The van der Waals surface area contributed by atoms with Crippen molar-refractivity contribution in [3.8, 4) is 0 Å². The minimum atomic E-state index is -0.690. The lowest BCUT2D eigenvalue weighted by Gasteiger charge is -2.24. The molecule has 0 bridgehead atoms. The smallest absolute Gasteiger partial charge is 0.228 e. The molecular weight excluding hydrogens is 347 g/mol. The van der Waals surface area contributed by atoms with E-state index in [1.807, 2.05) is 35.9 Å². The first-order chi connectivity index (χ1) is 13.0. The van der Waals surface area contributed by atoms with Gasteiger partial charge in [0.15, 0.2) is 0 Å². The zero-order valence-corrected chi connectivity index (χ0v) is 14.8. The van der Waals surface area contributed by atoms with Gasteiger partial charge in [-0.05, 0) is 35.9 Å². The largest absolute Gasteiger partial charge is 0.355 e. The van der Waals surface area contributed by atoms with Crippen molar-refractivity contribution in [1.29, 1.82) is 0 Å². The molecular formula is C20H19FN4O2. The zero-order valence-electron chi connectivity index (χ0n) is 14.8. The molecule has 4 rings (SSSR count). The minimum absolute atomic E-state index is 0.00851. The molecule has 0 spiro atoms. The minimum Gasteiger partial charge on any atom is -0.355 e. The lowest BCUT2D eigenvalue weighted by Crippen LogP contribution is -2.36. The normalized spacial score (nSPS) is 16.1. The van der Waals surface area contributed by atoms with Crippen LogP contribution in [0.5, 0.6) is 0 Å². The monoisotopic (exact) mass is 366 g/mol. The second-order valence-corrected chi connectivity index (χ2v) is 6.65. The molecule has 2 aromatic carbocycles. The Balaban J connectivity index is 1.46. The van der Waals surface area contributed by atoms with Crippen LogP contribution in [0.3, 0.4) is 0 Å². The molecule has 0 saturated carbocycles. The van der Waals surface area contributed by atoms with E-state index >= 15 is 0 Å². The van der Waals surface area contributed by atoms with Crippen LogP contribution in [0.2, 0.25) is 0 Å². The molecule has 27 heavy (non-hydrogen) atoms. The number of carbonyl (C=O) groups excluding carboxylic acids is 2. The molecule has 0 radical (unpaired) electrons. The maximum atomic E-state index is 13.6. The van der Waals surface area contributed by atoms with Crippen molar-refractivity contribution < 1.29 is 14.0 Å². The second kappa shape index (κ2) is 6.83. The van der Waals surface area contributed by atoms with Crippen LogP contribution in [-0.4, -0.2) is 27.9 Å². The zero-order chi connectivity index (χ0) is 19.0. The summed E-state index contributed by atoms with van der Waals surface area (Å²) in [5.74, 6) is -0.781. The van der Waals surface area contributed by atoms with Crippen molar-refractivity contribution in [3.63, 3.8) is 0 Å². The molecule has 2 heterocycles. The molecule has 1 atom stereocenters. The van der Waals surface area contributed by atoms with Crippen LogP contribution >= 0.6 is 0 Å². The number of aryl methyl sites for hydroxylation is 1. The molecule has 1 aliphatic heterocycles. The first kappa shape index (κ1) is 17.2. The van der Waals surface area contributed by atoms with Crippen molar-refractivity contribution in [2.75, 3.05) is 11.9 Å². The fourth-order valence-corrected chi connectivity index (χ4v) is 3.51. The van der Waals surface area contributed by atoms with Crippen LogP contribution in [0, 0.1) is 5.82 Å². The highest BCUT2D eigenvalue weighted by atomic mass is 19.1. The van der Waals surface area contributed by atoms with E-state index in [-0.39, 0.29) is 18.2 Å². The summed E-state index contributed by atoms with van der Waals surface area (Å²) in [7, 11) is 1.94. The predicted octanol–water partition coefficient (Wildman–Crippen LogP) is 2.50. The van der Waals surface area contributed by atoms with E-state index in [4.69, 9.17) is 0 Å². The first-order valence-electron chi connectivity index (χ1n) is 8.80. The number of imidazole rings is 1. The Bertz CT molecular complexity index is 1040. The maximum absolute atomic E-state index is 13.6. The Morgan fingerprint density at radius 3 is 2.96 bits per heavy atom. The van der Waals surface area contributed by atoms with Gasteiger partial charge in [0.1, 0.15) is 11.6 Å². The molecule has 1 aromatic heterocycles. The Morgan fingerprint density at radius 2 is 2.15 bits per heavy atom. The van der Waals surface area contributed by atoms with E-state index in [1.165, 1.54) is 18.2 Å². The lowest BCUT2D eigenvalue weighted by molar-refractivity contribution is -0.126. The molecule has 6 nitrogen and oxygen atoms in total.